The van der Waals surface area contributed by atoms with Gasteiger partial charge in [-0.3, -0.25) is 0 Å². The first-order valence-electron chi connectivity index (χ1n) is 7.00. The number of rotatable bonds is 6. The Morgan fingerprint density at radius 1 is 1.44 bits per heavy atom. The molecule has 102 valence electrons. The summed E-state index contributed by atoms with van der Waals surface area (Å²) in [6.45, 7) is 5.87. The molecule has 0 bridgehead atoms. The Labute approximate surface area is 114 Å². The molecule has 0 spiro atoms. The molecule has 0 amide bonds. The van der Waals surface area contributed by atoms with E-state index >= 15 is 0 Å². The fourth-order valence-electron chi connectivity index (χ4n) is 2.52. The molecule has 1 heterocycles. The number of nitrogens with zero attached hydrogens (tertiary/aromatic N) is 1. The first-order chi connectivity index (χ1) is 8.66. The molecular formula is C14H24N2OS. The lowest BCUT2D eigenvalue weighted by molar-refractivity contribution is 0.109. The van der Waals surface area contributed by atoms with Gasteiger partial charge in [0.15, 0.2) is 0 Å². The van der Waals surface area contributed by atoms with Crippen LogP contribution in [0.4, 0.5) is 0 Å². The average Bonchev–Trinajstić information content (AvgIpc) is 3.00. The van der Waals surface area contributed by atoms with Crippen molar-refractivity contribution in [1.29, 1.82) is 0 Å². The highest BCUT2D eigenvalue weighted by atomic mass is 32.1. The maximum Gasteiger partial charge on any atom is 0.0953 e. The predicted octanol–water partition coefficient (Wildman–Crippen LogP) is 2.91. The maximum atomic E-state index is 10.0. The van der Waals surface area contributed by atoms with Crippen molar-refractivity contribution < 1.29 is 5.11 Å². The summed E-state index contributed by atoms with van der Waals surface area (Å²) in [5.41, 5.74) is 0. The van der Waals surface area contributed by atoms with E-state index in [1.807, 2.05) is 6.20 Å². The summed E-state index contributed by atoms with van der Waals surface area (Å²) < 4.78 is 0. The highest BCUT2D eigenvalue weighted by Crippen LogP contribution is 2.27. The monoisotopic (exact) mass is 268 g/mol. The average molecular weight is 268 g/mol. The van der Waals surface area contributed by atoms with Gasteiger partial charge >= 0.3 is 0 Å². The summed E-state index contributed by atoms with van der Waals surface area (Å²) in [7, 11) is 0. The quantitative estimate of drug-likeness (QED) is 0.834. The molecule has 18 heavy (non-hydrogen) atoms. The zero-order valence-corrected chi connectivity index (χ0v) is 12.2. The molecule has 4 heteroatoms. The Kier molecular flexibility index (Phi) is 5.15. The molecule has 1 aromatic heterocycles. The molecule has 3 nitrogen and oxygen atoms in total. The van der Waals surface area contributed by atoms with E-state index in [1.165, 1.54) is 35.6 Å². The molecule has 1 aliphatic carbocycles. The second kappa shape index (κ2) is 6.64. The zero-order valence-electron chi connectivity index (χ0n) is 11.4. The highest BCUT2D eigenvalue weighted by Gasteiger charge is 2.22. The van der Waals surface area contributed by atoms with Crippen molar-refractivity contribution in [1.82, 2.24) is 10.3 Å². The molecule has 0 radical (unpaired) electrons. The molecule has 1 atom stereocenters. The van der Waals surface area contributed by atoms with Crippen LogP contribution in [0, 0.1) is 5.92 Å². The molecule has 1 fully saturated rings. The number of nitrogens with one attached hydrogen (secondary N) is 1. The SMILES string of the molecule is CC(C)c1ncc(CNCC(O)C2CCCC2)s1. The van der Waals surface area contributed by atoms with E-state index in [0.29, 0.717) is 18.4 Å². The van der Waals surface area contributed by atoms with Crippen LogP contribution >= 0.6 is 11.3 Å². The van der Waals surface area contributed by atoms with Gasteiger partial charge in [-0.1, -0.05) is 26.7 Å². The molecule has 2 N–H and O–H groups in total. The van der Waals surface area contributed by atoms with Gasteiger partial charge in [-0.2, -0.15) is 0 Å². The fraction of sp³-hybridized carbons (Fsp3) is 0.786. The van der Waals surface area contributed by atoms with Gasteiger partial charge in [-0.15, -0.1) is 11.3 Å². The lowest BCUT2D eigenvalue weighted by Crippen LogP contribution is -2.31. The second-order valence-electron chi connectivity index (χ2n) is 5.56. The van der Waals surface area contributed by atoms with Crippen LogP contribution in [0.5, 0.6) is 0 Å². The van der Waals surface area contributed by atoms with Gasteiger partial charge in [-0.05, 0) is 18.8 Å². The molecule has 0 aromatic carbocycles. The number of aliphatic hydroxyl groups is 1. The fourth-order valence-corrected chi connectivity index (χ4v) is 3.41. The summed E-state index contributed by atoms with van der Waals surface area (Å²) in [5, 5.41) is 14.6. The van der Waals surface area contributed by atoms with Crippen molar-refractivity contribution in [3.05, 3.63) is 16.1 Å². The van der Waals surface area contributed by atoms with Crippen LogP contribution in [0.3, 0.4) is 0 Å². The van der Waals surface area contributed by atoms with E-state index in [4.69, 9.17) is 0 Å². The van der Waals surface area contributed by atoms with Gasteiger partial charge in [0.2, 0.25) is 0 Å². The number of hydrogen-bond donors (Lipinski definition) is 2. The van der Waals surface area contributed by atoms with E-state index in [9.17, 15) is 5.11 Å². The summed E-state index contributed by atoms with van der Waals surface area (Å²) in [6.07, 6.45) is 6.74. The number of hydrogen-bond acceptors (Lipinski definition) is 4. The van der Waals surface area contributed by atoms with Crippen LogP contribution in [0.2, 0.25) is 0 Å². The molecule has 0 saturated heterocycles. The van der Waals surface area contributed by atoms with Crippen LogP contribution in [0.15, 0.2) is 6.20 Å². The Hall–Kier alpha value is -0.450. The number of thiazole rings is 1. The largest absolute Gasteiger partial charge is 0.392 e. The maximum absolute atomic E-state index is 10.0. The molecule has 1 unspecified atom stereocenters. The third-order valence-corrected chi connectivity index (χ3v) is 4.96. The molecule has 2 rings (SSSR count). The van der Waals surface area contributed by atoms with Gasteiger partial charge in [-0.25, -0.2) is 4.98 Å². The lowest BCUT2D eigenvalue weighted by atomic mass is 10.0. The lowest BCUT2D eigenvalue weighted by Gasteiger charge is -2.17. The van der Waals surface area contributed by atoms with Gasteiger partial charge in [0.25, 0.3) is 0 Å². The smallest absolute Gasteiger partial charge is 0.0953 e. The Morgan fingerprint density at radius 2 is 2.17 bits per heavy atom. The normalized spacial score (nSPS) is 18.7. The molecular weight excluding hydrogens is 244 g/mol. The van der Waals surface area contributed by atoms with Gasteiger partial charge in [0.05, 0.1) is 11.1 Å². The van der Waals surface area contributed by atoms with Gasteiger partial charge in [0, 0.05) is 30.1 Å². The van der Waals surface area contributed by atoms with Gasteiger partial charge < -0.3 is 10.4 Å². The van der Waals surface area contributed by atoms with Crippen molar-refractivity contribution >= 4 is 11.3 Å². The summed E-state index contributed by atoms with van der Waals surface area (Å²) >= 11 is 1.77. The molecule has 1 saturated carbocycles. The predicted molar refractivity (Wildman–Crippen MR) is 75.9 cm³/mol. The van der Waals surface area contributed by atoms with E-state index < -0.39 is 0 Å². The minimum absolute atomic E-state index is 0.176. The molecule has 1 aromatic rings. The summed E-state index contributed by atoms with van der Waals surface area (Å²) in [6, 6.07) is 0. The minimum Gasteiger partial charge on any atom is -0.392 e. The first-order valence-corrected chi connectivity index (χ1v) is 7.82. The third-order valence-electron chi connectivity index (χ3n) is 3.66. The standard InChI is InChI=1S/C14H24N2OS/c1-10(2)14-16-8-12(18-14)7-15-9-13(17)11-5-3-4-6-11/h8,10-11,13,15,17H,3-7,9H2,1-2H3. The first kappa shape index (κ1) is 14.0. The molecule has 1 aliphatic rings. The van der Waals surface area contributed by atoms with Crippen molar-refractivity contribution in [3.63, 3.8) is 0 Å². The summed E-state index contributed by atoms with van der Waals surface area (Å²) in [4.78, 5) is 5.67. The van der Waals surface area contributed by atoms with Crippen LogP contribution in [-0.2, 0) is 6.54 Å². The van der Waals surface area contributed by atoms with Crippen molar-refractivity contribution in [2.45, 2.75) is 58.1 Å². The Morgan fingerprint density at radius 3 is 2.78 bits per heavy atom. The number of aliphatic hydroxyl groups excluding tert-OH is 1. The van der Waals surface area contributed by atoms with Crippen LogP contribution < -0.4 is 5.32 Å². The van der Waals surface area contributed by atoms with Crippen molar-refractivity contribution in [3.8, 4) is 0 Å². The van der Waals surface area contributed by atoms with E-state index in [2.05, 4.69) is 24.1 Å². The third kappa shape index (κ3) is 3.77. The van der Waals surface area contributed by atoms with Crippen LogP contribution in [0.1, 0.15) is 55.3 Å². The van der Waals surface area contributed by atoms with Crippen LogP contribution in [0.25, 0.3) is 0 Å². The topological polar surface area (TPSA) is 45.2 Å². The highest BCUT2D eigenvalue weighted by molar-refractivity contribution is 7.11. The van der Waals surface area contributed by atoms with Crippen molar-refractivity contribution in [2.24, 2.45) is 5.92 Å². The van der Waals surface area contributed by atoms with Crippen LogP contribution in [-0.4, -0.2) is 22.7 Å². The number of aromatic nitrogens is 1. The second-order valence-corrected chi connectivity index (χ2v) is 6.71. The minimum atomic E-state index is -0.176. The van der Waals surface area contributed by atoms with Gasteiger partial charge in [0.1, 0.15) is 0 Å². The van der Waals surface area contributed by atoms with E-state index in [0.717, 1.165) is 6.54 Å². The van der Waals surface area contributed by atoms with Crippen molar-refractivity contribution in [2.75, 3.05) is 6.54 Å². The Bertz CT molecular complexity index is 358. The Balaban J connectivity index is 1.70. The summed E-state index contributed by atoms with van der Waals surface area (Å²) in [5.74, 6) is 1.03. The molecule has 0 aliphatic heterocycles. The van der Waals surface area contributed by atoms with E-state index in [1.54, 1.807) is 11.3 Å². The van der Waals surface area contributed by atoms with E-state index in [-0.39, 0.29) is 6.10 Å². The zero-order chi connectivity index (χ0) is 13.0.